The number of hydrogen-bond donors (Lipinski definition) is 0. The molecule has 1 amide bonds. The number of carbonyl (C=O) groups is 1. The molecule has 2 aromatic carbocycles. The van der Waals surface area contributed by atoms with Crippen molar-refractivity contribution in [1.82, 2.24) is 15.0 Å². The Morgan fingerprint density at radius 1 is 1.09 bits per heavy atom. The highest BCUT2D eigenvalue weighted by Gasteiger charge is 2.18. The zero-order valence-electron chi connectivity index (χ0n) is 20.3. The Balaban J connectivity index is 1.48. The maximum atomic E-state index is 13.1. The Bertz CT molecular complexity index is 1110. The van der Waals surface area contributed by atoms with Crippen LogP contribution in [-0.4, -0.2) is 47.3 Å². The van der Waals surface area contributed by atoms with E-state index < -0.39 is 0 Å². The van der Waals surface area contributed by atoms with Crippen LogP contribution in [0, 0.1) is 6.92 Å². The number of ether oxygens (including phenoxy) is 2. The summed E-state index contributed by atoms with van der Waals surface area (Å²) in [4.78, 5) is 19.3. The van der Waals surface area contributed by atoms with Crippen LogP contribution >= 0.6 is 0 Å². The quantitative estimate of drug-likeness (QED) is 0.568. The van der Waals surface area contributed by atoms with Crippen LogP contribution in [0.5, 0.6) is 5.75 Å². The van der Waals surface area contributed by atoms with E-state index in [-0.39, 0.29) is 11.8 Å². The van der Waals surface area contributed by atoms with Gasteiger partial charge < -0.3 is 18.9 Å². The van der Waals surface area contributed by atoms with Crippen LogP contribution in [0.3, 0.4) is 0 Å². The summed E-state index contributed by atoms with van der Waals surface area (Å²) in [5.74, 6) is 2.31. The lowest BCUT2D eigenvalue weighted by atomic mass is 10.00. The molecule has 1 aliphatic heterocycles. The van der Waals surface area contributed by atoms with Crippen LogP contribution in [0.25, 0.3) is 0 Å². The van der Waals surface area contributed by atoms with Crippen molar-refractivity contribution in [2.75, 3.05) is 26.4 Å². The first-order chi connectivity index (χ1) is 16.5. The third kappa shape index (κ3) is 6.44. The molecule has 0 atom stereocenters. The molecule has 0 saturated heterocycles. The van der Waals surface area contributed by atoms with Crippen molar-refractivity contribution in [2.24, 2.45) is 0 Å². The summed E-state index contributed by atoms with van der Waals surface area (Å²) in [5, 5.41) is 3.99. The number of aryl methyl sites for hydroxylation is 2. The molecule has 0 unspecified atom stereocenters. The van der Waals surface area contributed by atoms with Gasteiger partial charge >= 0.3 is 0 Å². The van der Waals surface area contributed by atoms with Gasteiger partial charge in [-0.25, -0.2) is 0 Å². The van der Waals surface area contributed by atoms with Crippen LogP contribution in [0.2, 0.25) is 0 Å². The van der Waals surface area contributed by atoms with Crippen LogP contribution < -0.4 is 4.74 Å². The summed E-state index contributed by atoms with van der Waals surface area (Å²) >= 11 is 0. The smallest absolute Gasteiger partial charge is 0.227 e. The minimum absolute atomic E-state index is 0.0441. The van der Waals surface area contributed by atoms with Crippen LogP contribution in [0.15, 0.2) is 47.0 Å². The lowest BCUT2D eigenvalue weighted by Gasteiger charge is -2.23. The SMILES string of the molecule is Cc1ccc2c(c1)Cc1cccc(c1)CN(C(=O)CCc1nc(C(C)C)no1)CCOCCO2. The van der Waals surface area contributed by atoms with Crippen molar-refractivity contribution >= 4 is 5.91 Å². The summed E-state index contributed by atoms with van der Waals surface area (Å²) in [6.07, 6.45) is 1.52. The molecule has 4 rings (SSSR count). The molecule has 3 aromatic rings. The Morgan fingerprint density at radius 3 is 2.76 bits per heavy atom. The van der Waals surface area contributed by atoms with E-state index in [1.54, 1.807) is 0 Å². The highest BCUT2D eigenvalue weighted by atomic mass is 16.5. The molecule has 0 radical (unpaired) electrons. The highest BCUT2D eigenvalue weighted by Crippen LogP contribution is 2.24. The zero-order chi connectivity index (χ0) is 23.9. The van der Waals surface area contributed by atoms with E-state index in [1.807, 2.05) is 24.8 Å². The summed E-state index contributed by atoms with van der Waals surface area (Å²) < 4.78 is 17.1. The summed E-state index contributed by atoms with van der Waals surface area (Å²) in [6, 6.07) is 14.7. The Kier molecular flexibility index (Phi) is 7.95. The van der Waals surface area contributed by atoms with E-state index >= 15 is 0 Å². The predicted octanol–water partition coefficient (Wildman–Crippen LogP) is 4.46. The highest BCUT2D eigenvalue weighted by molar-refractivity contribution is 5.76. The topological polar surface area (TPSA) is 77.7 Å². The van der Waals surface area contributed by atoms with E-state index in [0.29, 0.717) is 57.5 Å². The van der Waals surface area contributed by atoms with Gasteiger partial charge in [-0.2, -0.15) is 4.98 Å². The van der Waals surface area contributed by atoms with Gasteiger partial charge in [-0.15, -0.1) is 0 Å². The number of rotatable bonds is 4. The van der Waals surface area contributed by atoms with Crippen molar-refractivity contribution < 1.29 is 18.8 Å². The second-order valence-electron chi connectivity index (χ2n) is 9.09. The second kappa shape index (κ2) is 11.3. The molecule has 0 saturated carbocycles. The normalized spacial score (nSPS) is 14.9. The van der Waals surface area contributed by atoms with E-state index in [4.69, 9.17) is 14.0 Å². The van der Waals surface area contributed by atoms with Crippen molar-refractivity contribution in [3.63, 3.8) is 0 Å². The molecule has 0 spiro atoms. The van der Waals surface area contributed by atoms with Gasteiger partial charge in [0.15, 0.2) is 5.82 Å². The van der Waals surface area contributed by atoms with E-state index in [2.05, 4.69) is 53.5 Å². The molecular formula is C27H33N3O4. The molecule has 2 heterocycles. The van der Waals surface area contributed by atoms with E-state index in [9.17, 15) is 4.79 Å². The molecule has 2 bridgehead atoms. The lowest BCUT2D eigenvalue weighted by Crippen LogP contribution is -2.34. The Hall–Kier alpha value is -3.19. The first-order valence-electron chi connectivity index (χ1n) is 12.0. The number of carbonyl (C=O) groups excluding carboxylic acids is 1. The van der Waals surface area contributed by atoms with Gasteiger partial charge in [0.2, 0.25) is 11.8 Å². The summed E-state index contributed by atoms with van der Waals surface area (Å²) in [5.41, 5.74) is 4.65. The van der Waals surface area contributed by atoms with E-state index in [1.165, 1.54) is 11.1 Å². The van der Waals surface area contributed by atoms with Crippen molar-refractivity contribution in [3.05, 3.63) is 76.4 Å². The standard InChI is InChI=1S/C27H33N3O4/c1-19(2)27-28-25(34-29-27)9-10-26(31)30-11-12-32-13-14-33-24-8-7-20(3)15-23(24)17-21-5-4-6-22(16-21)18-30/h4-8,15-16,19H,9-14,17-18H2,1-3H3. The predicted molar refractivity (Wildman–Crippen MR) is 129 cm³/mol. The molecule has 1 aromatic heterocycles. The minimum atomic E-state index is 0.0441. The molecular weight excluding hydrogens is 430 g/mol. The number of aromatic nitrogens is 2. The average molecular weight is 464 g/mol. The number of nitrogens with zero attached hydrogens (tertiary/aromatic N) is 3. The number of hydrogen-bond acceptors (Lipinski definition) is 6. The van der Waals surface area contributed by atoms with Gasteiger partial charge in [0.1, 0.15) is 12.4 Å². The fourth-order valence-electron chi connectivity index (χ4n) is 4.02. The fourth-order valence-corrected chi connectivity index (χ4v) is 4.02. The molecule has 0 N–H and O–H groups in total. The minimum Gasteiger partial charge on any atom is -0.491 e. The molecule has 180 valence electrons. The summed E-state index contributed by atoms with van der Waals surface area (Å²) in [6.45, 7) is 8.56. The van der Waals surface area contributed by atoms with Gasteiger partial charge in [0, 0.05) is 38.3 Å². The van der Waals surface area contributed by atoms with Crippen LogP contribution in [0.4, 0.5) is 0 Å². The third-order valence-corrected chi connectivity index (χ3v) is 5.87. The van der Waals surface area contributed by atoms with Gasteiger partial charge in [-0.05, 0) is 29.7 Å². The first kappa shape index (κ1) is 24.0. The maximum Gasteiger partial charge on any atom is 0.227 e. The van der Waals surface area contributed by atoms with E-state index in [0.717, 1.165) is 23.3 Å². The molecule has 0 aliphatic carbocycles. The largest absolute Gasteiger partial charge is 0.491 e. The summed E-state index contributed by atoms with van der Waals surface area (Å²) in [7, 11) is 0. The number of fused-ring (bicyclic) bond motifs is 3. The molecule has 7 heteroatoms. The van der Waals surface area contributed by atoms with Crippen LogP contribution in [0.1, 0.15) is 60.2 Å². The fraction of sp³-hybridized carbons (Fsp3) is 0.444. The average Bonchev–Trinajstić information content (AvgIpc) is 3.29. The van der Waals surface area contributed by atoms with Crippen molar-refractivity contribution in [3.8, 4) is 5.75 Å². The maximum absolute atomic E-state index is 13.1. The first-order valence-corrected chi connectivity index (χ1v) is 12.0. The second-order valence-corrected chi connectivity index (χ2v) is 9.09. The number of benzene rings is 2. The Morgan fingerprint density at radius 2 is 1.94 bits per heavy atom. The third-order valence-electron chi connectivity index (χ3n) is 5.87. The zero-order valence-corrected chi connectivity index (χ0v) is 20.3. The molecule has 7 nitrogen and oxygen atoms in total. The monoisotopic (exact) mass is 463 g/mol. The molecule has 1 aliphatic rings. The Labute approximate surface area is 201 Å². The van der Waals surface area contributed by atoms with Gasteiger partial charge in [0.05, 0.1) is 13.2 Å². The van der Waals surface area contributed by atoms with Gasteiger partial charge in [0.25, 0.3) is 0 Å². The van der Waals surface area contributed by atoms with Crippen molar-refractivity contribution in [1.29, 1.82) is 0 Å². The van der Waals surface area contributed by atoms with Crippen LogP contribution in [-0.2, 0) is 28.9 Å². The lowest BCUT2D eigenvalue weighted by molar-refractivity contribution is -0.132. The van der Waals surface area contributed by atoms with Gasteiger partial charge in [-0.1, -0.05) is 61.0 Å². The molecule has 0 fully saturated rings. The molecule has 34 heavy (non-hydrogen) atoms. The number of amides is 1. The van der Waals surface area contributed by atoms with Gasteiger partial charge in [-0.3, -0.25) is 4.79 Å². The van der Waals surface area contributed by atoms with Crippen molar-refractivity contribution in [2.45, 2.75) is 52.5 Å².